The van der Waals surface area contributed by atoms with Gasteiger partial charge in [0.2, 0.25) is 0 Å². The van der Waals surface area contributed by atoms with E-state index in [2.05, 4.69) is 5.32 Å². The number of carbonyl (C=O) groups is 1. The molecule has 6 heteroatoms. The Morgan fingerprint density at radius 1 is 1.07 bits per heavy atom. The van der Waals surface area contributed by atoms with Crippen LogP contribution in [0.5, 0.6) is 5.75 Å². The summed E-state index contributed by atoms with van der Waals surface area (Å²) >= 11 is 6.32. The minimum atomic E-state index is -0.911. The SMILES string of the molecule is CCOc1ccc(CNCc2c(C(=O)O)c(C)n(Cc3ccccc3Cl)c2C)cc1. The number of benzene rings is 2. The number of nitrogens with zero attached hydrogens (tertiary/aromatic N) is 1. The largest absolute Gasteiger partial charge is 0.494 e. The third-order valence-electron chi connectivity index (χ3n) is 5.28. The van der Waals surface area contributed by atoms with Crippen molar-refractivity contribution in [2.75, 3.05) is 6.61 Å². The van der Waals surface area contributed by atoms with Crippen molar-refractivity contribution in [3.8, 4) is 5.75 Å². The van der Waals surface area contributed by atoms with Crippen molar-refractivity contribution in [3.05, 3.63) is 87.2 Å². The topological polar surface area (TPSA) is 63.5 Å². The van der Waals surface area contributed by atoms with Gasteiger partial charge in [-0.15, -0.1) is 0 Å². The standard InChI is InChI=1S/C24H27ClN2O3/c1-4-30-20-11-9-18(10-12-20)13-26-14-21-16(2)27(17(3)23(21)24(28)29)15-19-7-5-6-8-22(19)25/h5-12,26H,4,13-15H2,1-3H3,(H,28,29). The van der Waals surface area contributed by atoms with Gasteiger partial charge >= 0.3 is 5.97 Å². The monoisotopic (exact) mass is 426 g/mol. The molecule has 0 bridgehead atoms. The first-order valence-electron chi connectivity index (χ1n) is 10.00. The van der Waals surface area contributed by atoms with E-state index in [9.17, 15) is 9.90 Å². The van der Waals surface area contributed by atoms with Gasteiger partial charge in [-0.05, 0) is 50.1 Å². The molecule has 5 nitrogen and oxygen atoms in total. The zero-order chi connectivity index (χ0) is 21.7. The summed E-state index contributed by atoms with van der Waals surface area (Å²) in [7, 11) is 0. The number of halogens is 1. The second kappa shape index (κ2) is 9.83. The number of ether oxygens (including phenoxy) is 1. The highest BCUT2D eigenvalue weighted by atomic mass is 35.5. The van der Waals surface area contributed by atoms with Gasteiger partial charge in [0.05, 0.1) is 12.2 Å². The van der Waals surface area contributed by atoms with Gasteiger partial charge in [-0.2, -0.15) is 0 Å². The van der Waals surface area contributed by atoms with Gasteiger partial charge in [-0.1, -0.05) is 41.9 Å². The molecule has 1 heterocycles. The molecular weight excluding hydrogens is 400 g/mol. The van der Waals surface area contributed by atoms with Crippen LogP contribution in [-0.2, 0) is 19.6 Å². The van der Waals surface area contributed by atoms with Crippen LogP contribution in [0.4, 0.5) is 0 Å². The summed E-state index contributed by atoms with van der Waals surface area (Å²) in [6.07, 6.45) is 0. The van der Waals surface area contributed by atoms with Crippen LogP contribution in [0.3, 0.4) is 0 Å². The molecule has 30 heavy (non-hydrogen) atoms. The van der Waals surface area contributed by atoms with Gasteiger partial charge in [0.25, 0.3) is 0 Å². The minimum absolute atomic E-state index is 0.360. The Labute approximate surface area is 182 Å². The Bertz CT molecular complexity index is 1030. The smallest absolute Gasteiger partial charge is 0.337 e. The lowest BCUT2D eigenvalue weighted by atomic mass is 10.1. The van der Waals surface area contributed by atoms with Gasteiger partial charge in [-0.3, -0.25) is 0 Å². The molecule has 0 atom stereocenters. The molecule has 0 unspecified atom stereocenters. The Hall–Kier alpha value is -2.76. The predicted molar refractivity (Wildman–Crippen MR) is 120 cm³/mol. The van der Waals surface area contributed by atoms with E-state index in [1.165, 1.54) is 0 Å². The number of aromatic nitrogens is 1. The Morgan fingerprint density at radius 2 is 1.77 bits per heavy atom. The summed E-state index contributed by atoms with van der Waals surface area (Å²) in [6.45, 7) is 8.05. The molecule has 0 fully saturated rings. The molecule has 3 rings (SSSR count). The first-order chi connectivity index (χ1) is 14.4. The van der Waals surface area contributed by atoms with Crippen molar-refractivity contribution in [3.63, 3.8) is 0 Å². The maximum atomic E-state index is 12.0. The molecule has 0 amide bonds. The van der Waals surface area contributed by atoms with E-state index in [0.29, 0.717) is 36.8 Å². The summed E-state index contributed by atoms with van der Waals surface area (Å²) < 4.78 is 7.49. The van der Waals surface area contributed by atoms with E-state index >= 15 is 0 Å². The zero-order valence-electron chi connectivity index (χ0n) is 17.5. The molecule has 0 saturated carbocycles. The quantitative estimate of drug-likeness (QED) is 0.494. The predicted octanol–water partition coefficient (Wildman–Crippen LogP) is 5.19. The molecule has 0 aliphatic carbocycles. The number of hydrogen-bond donors (Lipinski definition) is 2. The normalized spacial score (nSPS) is 10.9. The fraction of sp³-hybridized carbons (Fsp3) is 0.292. The summed E-state index contributed by atoms with van der Waals surface area (Å²) in [4.78, 5) is 12.0. The summed E-state index contributed by atoms with van der Waals surface area (Å²) in [6, 6.07) is 15.5. The third kappa shape index (κ3) is 4.86. The summed E-state index contributed by atoms with van der Waals surface area (Å²) in [5.74, 6) is -0.0658. The Balaban J connectivity index is 1.78. The van der Waals surface area contributed by atoms with E-state index < -0.39 is 5.97 Å². The van der Waals surface area contributed by atoms with Gasteiger partial charge in [0, 0.05) is 41.6 Å². The second-order valence-electron chi connectivity index (χ2n) is 7.19. The average molecular weight is 427 g/mol. The van der Waals surface area contributed by atoms with E-state index in [4.69, 9.17) is 16.3 Å². The Morgan fingerprint density at radius 3 is 2.40 bits per heavy atom. The highest BCUT2D eigenvalue weighted by molar-refractivity contribution is 6.31. The van der Waals surface area contributed by atoms with Crippen LogP contribution in [0.15, 0.2) is 48.5 Å². The van der Waals surface area contributed by atoms with Crippen LogP contribution in [0.25, 0.3) is 0 Å². The van der Waals surface area contributed by atoms with E-state index in [1.54, 1.807) is 0 Å². The van der Waals surface area contributed by atoms with Gasteiger partial charge in [0.15, 0.2) is 0 Å². The fourth-order valence-corrected chi connectivity index (χ4v) is 3.88. The molecule has 2 aromatic carbocycles. The van der Waals surface area contributed by atoms with Crippen LogP contribution in [-0.4, -0.2) is 22.2 Å². The molecule has 2 N–H and O–H groups in total. The number of aromatic carboxylic acids is 1. The number of carboxylic acids is 1. The van der Waals surface area contributed by atoms with Crippen molar-refractivity contribution in [2.24, 2.45) is 0 Å². The second-order valence-corrected chi connectivity index (χ2v) is 7.59. The van der Waals surface area contributed by atoms with Gasteiger partial charge in [0.1, 0.15) is 5.75 Å². The maximum Gasteiger partial charge on any atom is 0.337 e. The van der Waals surface area contributed by atoms with Crippen LogP contribution in [0.2, 0.25) is 5.02 Å². The zero-order valence-corrected chi connectivity index (χ0v) is 18.3. The molecule has 158 valence electrons. The van der Waals surface area contributed by atoms with E-state index in [1.807, 2.05) is 73.9 Å². The molecule has 0 spiro atoms. The van der Waals surface area contributed by atoms with E-state index in [0.717, 1.165) is 33.8 Å². The van der Waals surface area contributed by atoms with Crippen molar-refractivity contribution in [1.82, 2.24) is 9.88 Å². The maximum absolute atomic E-state index is 12.0. The van der Waals surface area contributed by atoms with Crippen molar-refractivity contribution >= 4 is 17.6 Å². The van der Waals surface area contributed by atoms with Crippen LogP contribution < -0.4 is 10.1 Å². The number of rotatable bonds is 9. The number of hydrogen-bond acceptors (Lipinski definition) is 3. The van der Waals surface area contributed by atoms with Gasteiger partial charge < -0.3 is 19.7 Å². The summed E-state index contributed by atoms with van der Waals surface area (Å²) in [5, 5.41) is 13.9. The van der Waals surface area contributed by atoms with Crippen LogP contribution in [0, 0.1) is 13.8 Å². The lowest BCUT2D eigenvalue weighted by Crippen LogP contribution is -2.15. The molecular formula is C24H27ClN2O3. The lowest BCUT2D eigenvalue weighted by molar-refractivity contribution is 0.0694. The Kier molecular flexibility index (Phi) is 7.19. The first kappa shape index (κ1) is 21.9. The summed E-state index contributed by atoms with van der Waals surface area (Å²) in [5.41, 5.74) is 4.91. The molecule has 0 saturated heterocycles. The highest BCUT2D eigenvalue weighted by Gasteiger charge is 2.22. The fourth-order valence-electron chi connectivity index (χ4n) is 3.69. The van der Waals surface area contributed by atoms with E-state index in [-0.39, 0.29) is 0 Å². The third-order valence-corrected chi connectivity index (χ3v) is 5.64. The molecule has 0 aliphatic rings. The van der Waals surface area contributed by atoms with Crippen LogP contribution >= 0.6 is 11.6 Å². The first-order valence-corrected chi connectivity index (χ1v) is 10.4. The number of nitrogens with one attached hydrogen (secondary N) is 1. The van der Waals surface area contributed by atoms with Crippen LogP contribution in [0.1, 0.15) is 45.4 Å². The minimum Gasteiger partial charge on any atom is -0.494 e. The molecule has 0 radical (unpaired) electrons. The lowest BCUT2D eigenvalue weighted by Gasteiger charge is -2.11. The van der Waals surface area contributed by atoms with Crippen molar-refractivity contribution < 1.29 is 14.6 Å². The number of carboxylic acid groups (broad SMARTS) is 1. The molecule has 1 aromatic heterocycles. The highest BCUT2D eigenvalue weighted by Crippen LogP contribution is 2.26. The molecule has 3 aromatic rings. The van der Waals surface area contributed by atoms with Gasteiger partial charge in [-0.25, -0.2) is 4.79 Å². The van der Waals surface area contributed by atoms with Crippen molar-refractivity contribution in [2.45, 2.75) is 40.4 Å². The average Bonchev–Trinajstić information content (AvgIpc) is 2.95. The van der Waals surface area contributed by atoms with Crippen molar-refractivity contribution in [1.29, 1.82) is 0 Å². The molecule has 0 aliphatic heterocycles.